The van der Waals surface area contributed by atoms with E-state index in [2.05, 4.69) is 5.32 Å². The molecule has 1 rings (SSSR count). The summed E-state index contributed by atoms with van der Waals surface area (Å²) in [6, 6.07) is 9.82. The van der Waals surface area contributed by atoms with Gasteiger partial charge in [-0.3, -0.25) is 4.79 Å². The van der Waals surface area contributed by atoms with Crippen molar-refractivity contribution < 1.29 is 13.2 Å². The molecule has 0 aliphatic rings. The van der Waals surface area contributed by atoms with Crippen LogP contribution in [0.1, 0.15) is 18.9 Å². The number of benzene rings is 1. The van der Waals surface area contributed by atoms with Crippen molar-refractivity contribution in [2.45, 2.75) is 19.8 Å². The van der Waals surface area contributed by atoms with Gasteiger partial charge in [0.05, 0.1) is 12.8 Å². The monoisotopic (exact) mass is 298 g/mol. The van der Waals surface area contributed by atoms with E-state index < -0.39 is 10.0 Å². The van der Waals surface area contributed by atoms with Gasteiger partial charge in [0.15, 0.2) is 0 Å². The second-order valence-electron chi connectivity index (χ2n) is 4.68. The van der Waals surface area contributed by atoms with Crippen LogP contribution in [0.4, 0.5) is 0 Å². The number of rotatable bonds is 8. The maximum absolute atomic E-state index is 11.7. The molecular weight excluding hydrogens is 276 g/mol. The van der Waals surface area contributed by atoms with Gasteiger partial charge < -0.3 is 5.32 Å². The first-order chi connectivity index (χ1) is 9.43. The maximum Gasteiger partial charge on any atom is 0.235 e. The van der Waals surface area contributed by atoms with Crippen LogP contribution in [0.2, 0.25) is 0 Å². The number of amides is 1. The van der Waals surface area contributed by atoms with E-state index in [0.717, 1.165) is 18.2 Å². The Morgan fingerprint density at radius 3 is 2.45 bits per heavy atom. The molecule has 1 amide bonds. The van der Waals surface area contributed by atoms with Crippen molar-refractivity contribution in [2.75, 3.05) is 25.9 Å². The minimum Gasteiger partial charge on any atom is -0.355 e. The second kappa shape index (κ2) is 8.01. The first kappa shape index (κ1) is 16.7. The van der Waals surface area contributed by atoms with E-state index in [-0.39, 0.29) is 12.5 Å². The minimum atomic E-state index is -3.33. The maximum atomic E-state index is 11.7. The first-order valence-electron chi connectivity index (χ1n) is 6.69. The molecule has 1 aromatic rings. The number of nitrogens with zero attached hydrogens (tertiary/aromatic N) is 1. The Labute approximate surface area is 121 Å². The molecule has 0 aliphatic carbocycles. The predicted octanol–water partition coefficient (Wildman–Crippen LogP) is 1.02. The quantitative estimate of drug-likeness (QED) is 0.779. The Kier molecular flexibility index (Phi) is 6.67. The fraction of sp³-hybridized carbons (Fsp3) is 0.500. The van der Waals surface area contributed by atoms with Crippen molar-refractivity contribution in [1.29, 1.82) is 0 Å². The fourth-order valence-electron chi connectivity index (χ4n) is 1.82. The van der Waals surface area contributed by atoms with Crippen molar-refractivity contribution in [3.63, 3.8) is 0 Å². The Morgan fingerprint density at radius 1 is 1.25 bits per heavy atom. The van der Waals surface area contributed by atoms with E-state index in [9.17, 15) is 13.2 Å². The summed E-state index contributed by atoms with van der Waals surface area (Å²) in [5.74, 6) is -0.264. The molecule has 6 heteroatoms. The van der Waals surface area contributed by atoms with Gasteiger partial charge in [0.2, 0.25) is 15.9 Å². The van der Waals surface area contributed by atoms with Gasteiger partial charge >= 0.3 is 0 Å². The number of carbonyl (C=O) groups excluding carboxylic acids is 1. The van der Waals surface area contributed by atoms with Crippen LogP contribution in [0.25, 0.3) is 0 Å². The second-order valence-corrected chi connectivity index (χ2v) is 6.66. The molecule has 0 atom stereocenters. The Bertz CT molecular complexity index is 514. The van der Waals surface area contributed by atoms with Crippen molar-refractivity contribution in [1.82, 2.24) is 9.62 Å². The lowest BCUT2D eigenvalue weighted by Crippen LogP contribution is -2.41. The number of nitrogens with one attached hydrogen (secondary N) is 1. The third-order valence-electron chi connectivity index (χ3n) is 2.84. The molecule has 0 saturated heterocycles. The van der Waals surface area contributed by atoms with Gasteiger partial charge in [0.25, 0.3) is 0 Å². The normalized spacial score (nSPS) is 11.6. The molecule has 0 radical (unpaired) electrons. The van der Waals surface area contributed by atoms with E-state index >= 15 is 0 Å². The van der Waals surface area contributed by atoms with Gasteiger partial charge in [0.1, 0.15) is 0 Å². The Hall–Kier alpha value is -1.40. The zero-order valence-electron chi connectivity index (χ0n) is 12.0. The molecule has 0 fully saturated rings. The fourth-order valence-corrected chi connectivity index (χ4v) is 2.68. The van der Waals surface area contributed by atoms with Crippen LogP contribution in [0.3, 0.4) is 0 Å². The smallest absolute Gasteiger partial charge is 0.235 e. The third kappa shape index (κ3) is 6.16. The lowest BCUT2D eigenvalue weighted by atomic mass is 10.1. The van der Waals surface area contributed by atoms with Crippen LogP contribution in [-0.2, 0) is 21.2 Å². The Balaban J connectivity index is 2.39. The number of hydrogen-bond acceptors (Lipinski definition) is 3. The van der Waals surface area contributed by atoms with Gasteiger partial charge in [0, 0.05) is 13.1 Å². The summed E-state index contributed by atoms with van der Waals surface area (Å²) >= 11 is 0. The molecule has 0 spiro atoms. The topological polar surface area (TPSA) is 66.5 Å². The van der Waals surface area contributed by atoms with E-state index in [0.29, 0.717) is 19.5 Å². The van der Waals surface area contributed by atoms with Crippen LogP contribution >= 0.6 is 0 Å². The summed E-state index contributed by atoms with van der Waals surface area (Å²) < 4.78 is 24.2. The van der Waals surface area contributed by atoms with Crippen molar-refractivity contribution in [2.24, 2.45) is 0 Å². The molecular formula is C14H22N2O3S. The summed E-state index contributed by atoms with van der Waals surface area (Å²) in [6.07, 6.45) is 2.55. The first-order valence-corrected chi connectivity index (χ1v) is 8.54. The molecule has 20 heavy (non-hydrogen) atoms. The molecule has 0 aromatic heterocycles. The molecule has 0 aliphatic heterocycles. The van der Waals surface area contributed by atoms with E-state index in [4.69, 9.17) is 0 Å². The van der Waals surface area contributed by atoms with Gasteiger partial charge in [-0.1, -0.05) is 37.3 Å². The van der Waals surface area contributed by atoms with Gasteiger partial charge in [-0.15, -0.1) is 0 Å². The average molecular weight is 298 g/mol. The van der Waals surface area contributed by atoms with E-state index in [1.54, 1.807) is 0 Å². The summed E-state index contributed by atoms with van der Waals surface area (Å²) in [5, 5.41) is 2.75. The lowest BCUT2D eigenvalue weighted by Gasteiger charge is -2.18. The molecule has 1 aromatic carbocycles. The molecule has 0 heterocycles. The van der Waals surface area contributed by atoms with Gasteiger partial charge in [-0.05, 0) is 18.4 Å². The van der Waals surface area contributed by atoms with Crippen molar-refractivity contribution in [3.8, 4) is 0 Å². The third-order valence-corrected chi connectivity index (χ3v) is 4.09. The SMILES string of the molecule is CCCN(CC(=O)NCCc1ccccc1)S(C)(=O)=O. The predicted molar refractivity (Wildman–Crippen MR) is 79.9 cm³/mol. The van der Waals surface area contributed by atoms with E-state index in [1.807, 2.05) is 37.3 Å². The molecule has 112 valence electrons. The highest BCUT2D eigenvalue weighted by atomic mass is 32.2. The minimum absolute atomic E-state index is 0.110. The Morgan fingerprint density at radius 2 is 1.90 bits per heavy atom. The highest BCUT2D eigenvalue weighted by molar-refractivity contribution is 7.88. The summed E-state index contributed by atoms with van der Waals surface area (Å²) in [7, 11) is -3.33. The number of sulfonamides is 1. The average Bonchev–Trinajstić information content (AvgIpc) is 2.38. The zero-order chi connectivity index (χ0) is 15.0. The number of carbonyl (C=O) groups is 1. The lowest BCUT2D eigenvalue weighted by molar-refractivity contribution is -0.121. The van der Waals surface area contributed by atoms with Crippen LogP contribution < -0.4 is 5.32 Å². The standard InChI is InChI=1S/C14H22N2O3S/c1-3-11-16(20(2,18)19)12-14(17)15-10-9-13-7-5-4-6-8-13/h4-8H,3,9-12H2,1-2H3,(H,15,17). The van der Waals surface area contributed by atoms with E-state index in [1.165, 1.54) is 4.31 Å². The summed E-state index contributed by atoms with van der Waals surface area (Å²) in [5.41, 5.74) is 1.14. The van der Waals surface area contributed by atoms with Gasteiger partial charge in [-0.2, -0.15) is 4.31 Å². The van der Waals surface area contributed by atoms with Crippen LogP contribution in [0, 0.1) is 0 Å². The largest absolute Gasteiger partial charge is 0.355 e. The molecule has 1 N–H and O–H groups in total. The van der Waals surface area contributed by atoms with Crippen LogP contribution in [-0.4, -0.2) is 44.5 Å². The van der Waals surface area contributed by atoms with Crippen LogP contribution in [0.15, 0.2) is 30.3 Å². The van der Waals surface area contributed by atoms with Crippen molar-refractivity contribution >= 4 is 15.9 Å². The highest BCUT2D eigenvalue weighted by Crippen LogP contribution is 2.00. The van der Waals surface area contributed by atoms with Crippen LogP contribution in [0.5, 0.6) is 0 Å². The van der Waals surface area contributed by atoms with Crippen molar-refractivity contribution in [3.05, 3.63) is 35.9 Å². The number of hydrogen-bond donors (Lipinski definition) is 1. The molecule has 5 nitrogen and oxygen atoms in total. The highest BCUT2D eigenvalue weighted by Gasteiger charge is 2.18. The zero-order valence-corrected chi connectivity index (χ0v) is 12.8. The molecule has 0 unspecified atom stereocenters. The summed E-state index contributed by atoms with van der Waals surface area (Å²) in [6.45, 7) is 2.64. The van der Waals surface area contributed by atoms with Gasteiger partial charge in [-0.25, -0.2) is 8.42 Å². The molecule has 0 saturated carbocycles. The summed E-state index contributed by atoms with van der Waals surface area (Å²) in [4.78, 5) is 11.7. The molecule has 0 bridgehead atoms.